The van der Waals surface area contributed by atoms with E-state index in [2.05, 4.69) is 203 Å². The van der Waals surface area contributed by atoms with Gasteiger partial charge in [-0.1, -0.05) is 133 Å². The number of benzene rings is 9. The Morgan fingerprint density at radius 1 is 0.281 bits per heavy atom. The fraction of sp³-hybridized carbons (Fsp3) is 0. The Morgan fingerprint density at radius 3 is 1.39 bits per heavy atom. The molecule has 11 aromatic rings. The Labute approximate surface area is 329 Å². The maximum Gasteiger partial charge on any atom is 0.152 e. The van der Waals surface area contributed by atoms with Gasteiger partial charge in [-0.05, 0) is 117 Å². The Bertz CT molecular complexity index is 3270. The van der Waals surface area contributed by atoms with Gasteiger partial charge in [0, 0.05) is 27.2 Å². The summed E-state index contributed by atoms with van der Waals surface area (Å²) in [6, 6.07) is 74.6. The van der Waals surface area contributed by atoms with Gasteiger partial charge in [0.25, 0.3) is 0 Å². The van der Waals surface area contributed by atoms with Crippen molar-refractivity contribution >= 4 is 43.6 Å². The molecule has 9 aromatic carbocycles. The molecular weight excluding hydrogens is 693 g/mol. The molecule has 3 heteroatoms. The smallest absolute Gasteiger partial charge is 0.152 e. The first-order valence-electron chi connectivity index (χ1n) is 19.5. The van der Waals surface area contributed by atoms with Gasteiger partial charge in [-0.2, -0.15) is 0 Å². The van der Waals surface area contributed by atoms with Crippen molar-refractivity contribution in [2.75, 3.05) is 0 Å². The third-order valence-corrected chi connectivity index (χ3v) is 11.7. The van der Waals surface area contributed by atoms with Crippen molar-refractivity contribution in [3.63, 3.8) is 0 Å². The van der Waals surface area contributed by atoms with Crippen molar-refractivity contribution in [3.8, 4) is 67.4 Å². The maximum absolute atomic E-state index is 6.37. The van der Waals surface area contributed by atoms with E-state index in [0.29, 0.717) is 0 Å². The second-order valence-corrected chi connectivity index (χ2v) is 15.0. The summed E-state index contributed by atoms with van der Waals surface area (Å²) in [6.45, 7) is 0. The number of nitrogens with zero attached hydrogens (tertiary/aromatic N) is 2. The van der Waals surface area contributed by atoms with Crippen molar-refractivity contribution < 1.29 is 4.74 Å². The molecule has 0 saturated carbocycles. The molecule has 0 N–H and O–H groups in total. The minimum Gasteiger partial charge on any atom is -0.453 e. The summed E-state index contributed by atoms with van der Waals surface area (Å²) in [7, 11) is 0. The minimum atomic E-state index is 0.879. The van der Waals surface area contributed by atoms with Crippen LogP contribution >= 0.6 is 0 Å². The Hall–Kier alpha value is -7.62. The van der Waals surface area contributed by atoms with Crippen molar-refractivity contribution in [2.45, 2.75) is 0 Å². The molecule has 3 heterocycles. The van der Waals surface area contributed by atoms with Crippen LogP contribution in [0.5, 0.6) is 11.5 Å². The van der Waals surface area contributed by atoms with E-state index in [0.717, 1.165) is 28.4 Å². The molecule has 0 bridgehead atoms. The van der Waals surface area contributed by atoms with Crippen molar-refractivity contribution in [2.24, 2.45) is 0 Å². The highest BCUT2D eigenvalue weighted by molar-refractivity contribution is 6.14. The molecule has 0 radical (unpaired) electrons. The number of hydrogen-bond donors (Lipinski definition) is 0. The second kappa shape index (κ2) is 12.5. The molecule has 0 aliphatic carbocycles. The van der Waals surface area contributed by atoms with Crippen molar-refractivity contribution in [1.29, 1.82) is 0 Å². The highest BCUT2D eigenvalue weighted by Gasteiger charge is 2.23. The van der Waals surface area contributed by atoms with Gasteiger partial charge in [0.2, 0.25) is 0 Å². The Morgan fingerprint density at radius 2 is 0.737 bits per heavy atom. The van der Waals surface area contributed by atoms with Crippen LogP contribution in [0.2, 0.25) is 0 Å². The fourth-order valence-corrected chi connectivity index (χ4v) is 9.02. The lowest BCUT2D eigenvalue weighted by Crippen LogP contribution is -2.03. The van der Waals surface area contributed by atoms with E-state index in [-0.39, 0.29) is 0 Å². The van der Waals surface area contributed by atoms with Crippen molar-refractivity contribution in [3.05, 3.63) is 206 Å². The summed E-state index contributed by atoms with van der Waals surface area (Å²) >= 11 is 0. The highest BCUT2D eigenvalue weighted by Crippen LogP contribution is 2.46. The van der Waals surface area contributed by atoms with Gasteiger partial charge in [0.15, 0.2) is 11.5 Å². The number of para-hydroxylation sites is 3. The largest absolute Gasteiger partial charge is 0.453 e. The zero-order valence-electron chi connectivity index (χ0n) is 30.9. The topological polar surface area (TPSA) is 19.1 Å². The molecular formula is C54H34N2O. The van der Waals surface area contributed by atoms with E-state index in [4.69, 9.17) is 4.74 Å². The van der Waals surface area contributed by atoms with Gasteiger partial charge in [0.05, 0.1) is 27.8 Å². The Balaban J connectivity index is 0.979. The monoisotopic (exact) mass is 726 g/mol. The molecule has 0 saturated heterocycles. The van der Waals surface area contributed by atoms with E-state index in [1.54, 1.807) is 0 Å². The SMILES string of the molecule is c1ccc(-c2ccc3c(c2)c2cc(-c4ccccc4)ccc2n3-c2cccc(-c3cccc(-c4ccc5c(c4)c4cccc6c4n5-c4ccccc4O6)c3)c2)cc1. The lowest BCUT2D eigenvalue weighted by molar-refractivity contribution is 0.476. The number of rotatable bonds is 5. The molecule has 0 unspecified atom stereocenters. The first kappa shape index (κ1) is 31.7. The van der Waals surface area contributed by atoms with Crippen LogP contribution in [0.15, 0.2) is 206 Å². The predicted octanol–water partition coefficient (Wildman–Crippen LogP) is 14.7. The second-order valence-electron chi connectivity index (χ2n) is 15.0. The molecule has 0 atom stereocenters. The molecule has 12 rings (SSSR count). The molecule has 0 amide bonds. The lowest BCUT2D eigenvalue weighted by atomic mass is 9.97. The summed E-state index contributed by atoms with van der Waals surface area (Å²) < 4.78 is 11.1. The quantitative estimate of drug-likeness (QED) is 0.173. The summed E-state index contributed by atoms with van der Waals surface area (Å²) in [4.78, 5) is 0. The third kappa shape index (κ3) is 4.99. The lowest BCUT2D eigenvalue weighted by Gasteiger charge is -2.20. The van der Waals surface area contributed by atoms with Crippen LogP contribution in [0.1, 0.15) is 0 Å². The average molecular weight is 727 g/mol. The van der Waals surface area contributed by atoms with Gasteiger partial charge in [0.1, 0.15) is 0 Å². The zero-order chi connectivity index (χ0) is 37.5. The number of aromatic nitrogens is 2. The first-order chi connectivity index (χ1) is 28.2. The third-order valence-electron chi connectivity index (χ3n) is 11.7. The number of ether oxygens (including phenoxy) is 1. The van der Waals surface area contributed by atoms with Gasteiger partial charge in [-0.15, -0.1) is 0 Å². The van der Waals surface area contributed by atoms with Gasteiger partial charge >= 0.3 is 0 Å². The van der Waals surface area contributed by atoms with Gasteiger partial charge in [-0.3, -0.25) is 0 Å². The number of fused-ring (bicyclic) bond motifs is 8. The standard InChI is InChI=1S/C54H34N2O/c1-3-12-35(13-4-1)40-24-27-48-46(32-40)47-33-41(36-14-5-2-6-15-36)25-28-49(47)55(48)43-19-10-18-39(31-43)37-16-9-17-38(30-37)42-26-29-50-45(34-42)44-20-11-23-53-54(44)56(50)51-21-7-8-22-52(51)57-53/h1-34H. The summed E-state index contributed by atoms with van der Waals surface area (Å²) in [5, 5.41) is 4.89. The normalized spacial score (nSPS) is 12.0. The molecule has 1 aliphatic rings. The maximum atomic E-state index is 6.37. The zero-order valence-corrected chi connectivity index (χ0v) is 30.9. The molecule has 266 valence electrons. The predicted molar refractivity (Wildman–Crippen MR) is 237 cm³/mol. The van der Waals surface area contributed by atoms with E-state index in [1.165, 1.54) is 82.6 Å². The van der Waals surface area contributed by atoms with E-state index >= 15 is 0 Å². The van der Waals surface area contributed by atoms with Gasteiger partial charge < -0.3 is 13.9 Å². The van der Waals surface area contributed by atoms with Crippen LogP contribution in [0.25, 0.3) is 99.5 Å². The molecule has 57 heavy (non-hydrogen) atoms. The molecule has 2 aromatic heterocycles. The van der Waals surface area contributed by atoms with Gasteiger partial charge in [-0.25, -0.2) is 0 Å². The minimum absolute atomic E-state index is 0.879. The van der Waals surface area contributed by atoms with Crippen LogP contribution < -0.4 is 4.74 Å². The van der Waals surface area contributed by atoms with Crippen LogP contribution in [-0.4, -0.2) is 9.13 Å². The van der Waals surface area contributed by atoms with E-state index in [9.17, 15) is 0 Å². The number of hydrogen-bond acceptors (Lipinski definition) is 1. The average Bonchev–Trinajstić information content (AvgIpc) is 3.80. The molecule has 0 spiro atoms. The fourth-order valence-electron chi connectivity index (χ4n) is 9.02. The summed E-state index contributed by atoms with van der Waals surface area (Å²) in [6.07, 6.45) is 0. The first-order valence-corrected chi connectivity index (χ1v) is 19.5. The Kier molecular flexibility index (Phi) is 6.93. The molecule has 0 fully saturated rings. The highest BCUT2D eigenvalue weighted by atomic mass is 16.5. The van der Waals surface area contributed by atoms with E-state index < -0.39 is 0 Å². The van der Waals surface area contributed by atoms with Crippen molar-refractivity contribution in [1.82, 2.24) is 9.13 Å². The van der Waals surface area contributed by atoms with Crippen LogP contribution in [-0.2, 0) is 0 Å². The summed E-state index contributed by atoms with van der Waals surface area (Å²) in [5.41, 5.74) is 16.5. The molecule has 1 aliphatic heterocycles. The summed E-state index contributed by atoms with van der Waals surface area (Å²) in [5.74, 6) is 1.77. The molecule has 3 nitrogen and oxygen atoms in total. The van der Waals surface area contributed by atoms with Crippen LogP contribution in [0.4, 0.5) is 0 Å². The van der Waals surface area contributed by atoms with Crippen LogP contribution in [0.3, 0.4) is 0 Å². The van der Waals surface area contributed by atoms with Crippen LogP contribution in [0, 0.1) is 0 Å². The van der Waals surface area contributed by atoms with E-state index in [1.807, 2.05) is 12.1 Å².